The summed E-state index contributed by atoms with van der Waals surface area (Å²) in [4.78, 5) is 37.4. The molecule has 0 radical (unpaired) electrons. The Morgan fingerprint density at radius 1 is 1.20 bits per heavy atom. The maximum atomic E-state index is 12.1. The predicted octanol–water partition coefficient (Wildman–Crippen LogP) is 0.875. The van der Waals surface area contributed by atoms with Crippen LogP contribution in [0, 0.1) is 0 Å². The molecule has 1 N–H and O–H groups in total. The molecule has 0 saturated carbocycles. The average molecular weight is 384 g/mol. The molecule has 13 heteroatoms. The zero-order valence-electron chi connectivity index (χ0n) is 12.7. The molecule has 0 aromatic carbocycles. The second-order valence-corrected chi connectivity index (χ2v) is 6.31. The third-order valence-electron chi connectivity index (χ3n) is 2.51. The van der Waals surface area contributed by atoms with Crippen molar-refractivity contribution in [2.24, 2.45) is 0 Å². The third kappa shape index (κ3) is 5.70. The summed E-state index contributed by atoms with van der Waals surface area (Å²) in [5.41, 5.74) is -1.31. The Hall–Kier alpha value is -2.70. The minimum atomic E-state index is -5.42. The molecule has 0 spiro atoms. The third-order valence-corrected chi connectivity index (χ3v) is 3.79. The lowest BCUT2D eigenvalue weighted by molar-refractivity contribution is -0.193. The molecule has 1 aromatic rings. The maximum Gasteiger partial charge on any atom is 0.491 e. The van der Waals surface area contributed by atoms with Crippen LogP contribution in [0.2, 0.25) is 0 Å². The molecule has 0 aliphatic heterocycles. The number of anilines is 1. The number of nitrogens with zero attached hydrogens (tertiary/aromatic N) is 1. The highest BCUT2D eigenvalue weighted by atomic mass is 32.2. The molecular formula is C12H11F3N2O7S. The van der Waals surface area contributed by atoms with Crippen molar-refractivity contribution in [2.45, 2.75) is 13.1 Å². The van der Waals surface area contributed by atoms with E-state index >= 15 is 0 Å². The molecule has 138 valence electrons. The van der Waals surface area contributed by atoms with Gasteiger partial charge in [-0.25, -0.2) is 27.8 Å². The van der Waals surface area contributed by atoms with Crippen LogP contribution in [-0.4, -0.2) is 50.3 Å². The van der Waals surface area contributed by atoms with Gasteiger partial charge in [0.1, 0.15) is 5.82 Å². The summed E-state index contributed by atoms with van der Waals surface area (Å²) in [6.07, 6.45) is -5.42. The lowest BCUT2D eigenvalue weighted by Gasteiger charge is -2.10. The summed E-state index contributed by atoms with van der Waals surface area (Å²) in [6, 6.07) is 1.38. The molecule has 0 fully saturated rings. The number of hydrogen-bond donors (Lipinski definition) is 1. The van der Waals surface area contributed by atoms with Crippen molar-refractivity contribution in [3.8, 4) is 0 Å². The maximum absolute atomic E-state index is 12.1. The molecule has 0 saturated heterocycles. The number of ether oxygens (including phenoxy) is 2. The number of carbonyl (C=O) groups excluding carboxylic acids is 3. The Labute approximate surface area is 139 Å². The standard InChI is InChI=1S/C12H11F3N2O7S/c1-3-25(21,22)17-8-5-6(4-7(16-8)10(19)23-2)9(18)24-11(20)12(13,14)15/h4-5H,3H2,1-2H3,(H,16,17). The zero-order valence-corrected chi connectivity index (χ0v) is 13.5. The van der Waals surface area contributed by atoms with Gasteiger partial charge in [0.05, 0.1) is 18.4 Å². The van der Waals surface area contributed by atoms with Crippen LogP contribution in [0.15, 0.2) is 12.1 Å². The average Bonchev–Trinajstić information content (AvgIpc) is 2.52. The highest BCUT2D eigenvalue weighted by Gasteiger charge is 2.42. The first kappa shape index (κ1) is 20.3. The monoisotopic (exact) mass is 384 g/mol. The van der Waals surface area contributed by atoms with Crippen LogP contribution >= 0.6 is 0 Å². The molecule has 0 amide bonds. The van der Waals surface area contributed by atoms with Crippen LogP contribution in [0.25, 0.3) is 0 Å². The topological polar surface area (TPSA) is 129 Å². The fraction of sp³-hybridized carbons (Fsp3) is 0.333. The molecule has 0 aliphatic carbocycles. The minimum Gasteiger partial charge on any atom is -0.464 e. The van der Waals surface area contributed by atoms with E-state index in [4.69, 9.17) is 0 Å². The predicted molar refractivity (Wildman–Crippen MR) is 75.1 cm³/mol. The summed E-state index contributed by atoms with van der Waals surface area (Å²) < 4.78 is 69.3. The number of sulfonamides is 1. The van der Waals surface area contributed by atoms with Crippen molar-refractivity contribution in [2.75, 3.05) is 17.6 Å². The van der Waals surface area contributed by atoms with E-state index < -0.39 is 51.2 Å². The molecule has 0 bridgehead atoms. The van der Waals surface area contributed by atoms with Crippen LogP contribution in [0.5, 0.6) is 0 Å². The van der Waals surface area contributed by atoms with E-state index in [0.717, 1.165) is 7.11 Å². The lowest BCUT2D eigenvalue weighted by atomic mass is 10.2. The van der Waals surface area contributed by atoms with Crippen molar-refractivity contribution in [1.82, 2.24) is 4.98 Å². The van der Waals surface area contributed by atoms with Crippen molar-refractivity contribution in [1.29, 1.82) is 0 Å². The highest BCUT2D eigenvalue weighted by molar-refractivity contribution is 7.92. The Kier molecular flexibility index (Phi) is 6.07. The molecule has 0 aliphatic rings. The molecule has 0 atom stereocenters. The lowest BCUT2D eigenvalue weighted by Crippen LogP contribution is -2.28. The van der Waals surface area contributed by atoms with Crippen LogP contribution < -0.4 is 4.72 Å². The fourth-order valence-electron chi connectivity index (χ4n) is 1.34. The van der Waals surface area contributed by atoms with Crippen molar-refractivity contribution >= 4 is 33.7 Å². The van der Waals surface area contributed by atoms with Crippen LogP contribution in [-0.2, 0) is 24.3 Å². The number of carbonyl (C=O) groups is 3. The number of rotatable bonds is 5. The van der Waals surface area contributed by atoms with E-state index in [9.17, 15) is 36.0 Å². The first-order chi connectivity index (χ1) is 11.4. The number of esters is 3. The largest absolute Gasteiger partial charge is 0.491 e. The van der Waals surface area contributed by atoms with E-state index in [1.165, 1.54) is 6.92 Å². The second kappa shape index (κ2) is 7.46. The number of aromatic nitrogens is 1. The number of hydrogen-bond acceptors (Lipinski definition) is 8. The van der Waals surface area contributed by atoms with Crippen LogP contribution in [0.3, 0.4) is 0 Å². The number of alkyl halides is 3. The molecule has 1 heterocycles. The number of pyridine rings is 1. The summed E-state index contributed by atoms with van der Waals surface area (Å²) in [6.45, 7) is 1.28. The van der Waals surface area contributed by atoms with Gasteiger partial charge in [-0.2, -0.15) is 13.2 Å². The van der Waals surface area contributed by atoms with Gasteiger partial charge in [-0.15, -0.1) is 0 Å². The van der Waals surface area contributed by atoms with Gasteiger partial charge in [0.25, 0.3) is 0 Å². The normalized spacial score (nSPS) is 11.6. The molecule has 0 unspecified atom stereocenters. The van der Waals surface area contributed by atoms with E-state index in [-0.39, 0.29) is 5.75 Å². The van der Waals surface area contributed by atoms with Gasteiger partial charge >= 0.3 is 24.1 Å². The SMILES string of the molecule is CCS(=O)(=O)Nc1cc(C(=O)OC(=O)C(F)(F)F)cc(C(=O)OC)n1. The second-order valence-electron chi connectivity index (χ2n) is 4.30. The molecule has 9 nitrogen and oxygen atoms in total. The van der Waals surface area contributed by atoms with Crippen molar-refractivity contribution < 1.29 is 45.4 Å². The van der Waals surface area contributed by atoms with Gasteiger partial charge in [0.15, 0.2) is 5.69 Å². The molecule has 1 aromatic heterocycles. The highest BCUT2D eigenvalue weighted by Crippen LogP contribution is 2.19. The quantitative estimate of drug-likeness (QED) is 0.585. The van der Waals surface area contributed by atoms with E-state index in [1.807, 2.05) is 4.72 Å². The number of methoxy groups -OCH3 is 1. The molecule has 25 heavy (non-hydrogen) atoms. The Balaban J connectivity index is 3.27. The van der Waals surface area contributed by atoms with Crippen molar-refractivity contribution in [3.05, 3.63) is 23.4 Å². The van der Waals surface area contributed by atoms with Gasteiger partial charge in [-0.05, 0) is 19.1 Å². The van der Waals surface area contributed by atoms with Gasteiger partial charge in [0, 0.05) is 0 Å². The van der Waals surface area contributed by atoms with Gasteiger partial charge in [0.2, 0.25) is 10.0 Å². The number of halogens is 3. The van der Waals surface area contributed by atoms with E-state index in [2.05, 4.69) is 14.5 Å². The van der Waals surface area contributed by atoms with Crippen molar-refractivity contribution in [3.63, 3.8) is 0 Å². The Bertz CT molecular complexity index is 805. The fourth-order valence-corrected chi connectivity index (χ4v) is 1.91. The molecule has 1 rings (SSSR count). The van der Waals surface area contributed by atoms with Crippen LogP contribution in [0.1, 0.15) is 27.8 Å². The van der Waals surface area contributed by atoms with Gasteiger partial charge < -0.3 is 9.47 Å². The van der Waals surface area contributed by atoms with E-state index in [0.29, 0.717) is 12.1 Å². The smallest absolute Gasteiger partial charge is 0.464 e. The summed E-state index contributed by atoms with van der Waals surface area (Å²) in [5, 5.41) is 0. The number of nitrogens with one attached hydrogen (secondary N) is 1. The Morgan fingerprint density at radius 2 is 1.80 bits per heavy atom. The first-order valence-corrected chi connectivity index (χ1v) is 7.99. The summed E-state index contributed by atoms with van der Waals surface area (Å²) >= 11 is 0. The van der Waals surface area contributed by atoms with Gasteiger partial charge in [-0.3, -0.25) is 4.72 Å². The summed E-state index contributed by atoms with van der Waals surface area (Å²) in [7, 11) is -2.92. The first-order valence-electron chi connectivity index (χ1n) is 6.34. The van der Waals surface area contributed by atoms with Crippen LogP contribution in [0.4, 0.5) is 19.0 Å². The zero-order chi connectivity index (χ0) is 19.4. The summed E-state index contributed by atoms with van der Waals surface area (Å²) in [5.74, 6) is -6.56. The van der Waals surface area contributed by atoms with E-state index in [1.54, 1.807) is 0 Å². The van der Waals surface area contributed by atoms with Gasteiger partial charge in [-0.1, -0.05) is 0 Å². The Morgan fingerprint density at radius 3 is 2.28 bits per heavy atom. The minimum absolute atomic E-state index is 0.385. The molecular weight excluding hydrogens is 373 g/mol.